The average Bonchev–Trinajstić information content (AvgIpc) is 2.22. The maximum Gasteiger partial charge on any atom is 0.320 e. The Balaban J connectivity index is 2.49. The first-order chi connectivity index (χ1) is 8.36. The second-order valence-electron chi connectivity index (χ2n) is 4.53. The second-order valence-corrected chi connectivity index (χ2v) is 4.53. The molecule has 0 aromatic rings. The van der Waals surface area contributed by atoms with Gasteiger partial charge in [-0.3, -0.25) is 9.59 Å². The minimum absolute atomic E-state index is 0.0244. The van der Waals surface area contributed by atoms with E-state index in [1.165, 1.54) is 14.7 Å². The molecule has 1 aliphatic rings. The van der Waals surface area contributed by atoms with Gasteiger partial charge in [-0.2, -0.15) is 0 Å². The highest BCUT2D eigenvalue weighted by Gasteiger charge is 2.37. The van der Waals surface area contributed by atoms with Gasteiger partial charge in [-0.25, -0.2) is 4.79 Å². The van der Waals surface area contributed by atoms with Crippen molar-refractivity contribution in [1.29, 1.82) is 0 Å². The molecule has 0 aromatic heterocycles. The number of carbonyl (C=O) groups is 3. The zero-order chi connectivity index (χ0) is 13.9. The summed E-state index contributed by atoms with van der Waals surface area (Å²) >= 11 is 0. The van der Waals surface area contributed by atoms with Crippen molar-refractivity contribution in [2.75, 3.05) is 40.3 Å². The van der Waals surface area contributed by atoms with Crippen molar-refractivity contribution in [3.63, 3.8) is 0 Å². The van der Waals surface area contributed by atoms with Gasteiger partial charge in [-0.1, -0.05) is 0 Å². The highest BCUT2D eigenvalue weighted by atomic mass is 16.4. The van der Waals surface area contributed by atoms with Gasteiger partial charge >= 0.3 is 12.0 Å². The van der Waals surface area contributed by atoms with E-state index >= 15 is 0 Å². The lowest BCUT2D eigenvalue weighted by Crippen LogP contribution is -2.58. The van der Waals surface area contributed by atoms with Crippen molar-refractivity contribution >= 4 is 17.9 Å². The Morgan fingerprint density at radius 3 is 2.22 bits per heavy atom. The van der Waals surface area contributed by atoms with Gasteiger partial charge in [0.25, 0.3) is 0 Å². The molecule has 0 spiro atoms. The van der Waals surface area contributed by atoms with Gasteiger partial charge in [0.2, 0.25) is 5.91 Å². The molecule has 7 heteroatoms. The number of aliphatic carboxylic acids is 1. The van der Waals surface area contributed by atoms with E-state index in [-0.39, 0.29) is 31.6 Å². The van der Waals surface area contributed by atoms with Crippen LogP contribution in [0.1, 0.15) is 6.92 Å². The van der Waals surface area contributed by atoms with Crippen molar-refractivity contribution in [1.82, 2.24) is 14.7 Å². The summed E-state index contributed by atoms with van der Waals surface area (Å²) in [7, 11) is 3.26. The van der Waals surface area contributed by atoms with E-state index in [0.29, 0.717) is 6.54 Å². The number of hydrogen-bond donors (Lipinski definition) is 1. The molecule has 102 valence electrons. The fourth-order valence-corrected chi connectivity index (χ4v) is 1.61. The first-order valence-electron chi connectivity index (χ1n) is 5.83. The van der Waals surface area contributed by atoms with E-state index < -0.39 is 11.9 Å². The van der Waals surface area contributed by atoms with Crippen LogP contribution in [0.5, 0.6) is 0 Å². The number of likely N-dealkylation sites (tertiary alicyclic amines) is 1. The van der Waals surface area contributed by atoms with Gasteiger partial charge in [0, 0.05) is 33.7 Å². The summed E-state index contributed by atoms with van der Waals surface area (Å²) in [6.07, 6.45) is 0. The van der Waals surface area contributed by atoms with E-state index in [0.717, 1.165) is 0 Å². The molecule has 0 radical (unpaired) electrons. The molecular formula is C11H19N3O4. The largest absolute Gasteiger partial charge is 0.481 e. The number of carboxylic acid groups (broad SMARTS) is 1. The van der Waals surface area contributed by atoms with Crippen LogP contribution in [-0.4, -0.2) is 78.0 Å². The van der Waals surface area contributed by atoms with Gasteiger partial charge in [-0.15, -0.1) is 0 Å². The van der Waals surface area contributed by atoms with Gasteiger partial charge < -0.3 is 19.8 Å². The van der Waals surface area contributed by atoms with Crippen LogP contribution >= 0.6 is 0 Å². The summed E-state index contributed by atoms with van der Waals surface area (Å²) in [6.45, 7) is 2.68. The summed E-state index contributed by atoms with van der Waals surface area (Å²) in [4.78, 5) is 38.4. The van der Waals surface area contributed by atoms with Crippen molar-refractivity contribution in [2.45, 2.75) is 6.92 Å². The zero-order valence-corrected chi connectivity index (χ0v) is 10.9. The third-order valence-electron chi connectivity index (χ3n) is 2.98. The maximum absolute atomic E-state index is 12.0. The van der Waals surface area contributed by atoms with E-state index in [1.807, 2.05) is 0 Å². The Kier molecular flexibility index (Phi) is 4.52. The molecule has 0 atom stereocenters. The number of likely N-dealkylation sites (N-methyl/N-ethyl adjacent to an activating group) is 2. The number of nitrogens with zero attached hydrogens (tertiary/aromatic N) is 3. The predicted molar refractivity (Wildman–Crippen MR) is 64.0 cm³/mol. The Morgan fingerprint density at radius 1 is 1.28 bits per heavy atom. The first kappa shape index (κ1) is 14.3. The van der Waals surface area contributed by atoms with Gasteiger partial charge in [0.15, 0.2) is 0 Å². The lowest BCUT2D eigenvalue weighted by atomic mass is 10.0. The number of rotatable bonds is 4. The summed E-state index contributed by atoms with van der Waals surface area (Å²) in [6, 6.07) is -0.273. The normalized spacial score (nSPS) is 14.9. The van der Waals surface area contributed by atoms with E-state index in [2.05, 4.69) is 0 Å². The lowest BCUT2D eigenvalue weighted by Gasteiger charge is -2.39. The van der Waals surface area contributed by atoms with Crippen molar-refractivity contribution in [3.05, 3.63) is 0 Å². The molecule has 1 heterocycles. The summed E-state index contributed by atoms with van der Waals surface area (Å²) in [5.41, 5.74) is 0. The van der Waals surface area contributed by atoms with Crippen molar-refractivity contribution < 1.29 is 19.5 Å². The minimum atomic E-state index is -0.883. The summed E-state index contributed by atoms with van der Waals surface area (Å²) in [5, 5.41) is 8.73. The third-order valence-corrected chi connectivity index (χ3v) is 2.98. The molecule has 1 aliphatic heterocycles. The molecule has 3 amide bonds. The molecule has 0 unspecified atom stereocenters. The zero-order valence-electron chi connectivity index (χ0n) is 10.9. The second kappa shape index (κ2) is 5.70. The molecule has 1 saturated heterocycles. The van der Waals surface area contributed by atoms with Gasteiger partial charge in [-0.05, 0) is 6.92 Å². The van der Waals surface area contributed by atoms with Crippen LogP contribution < -0.4 is 0 Å². The van der Waals surface area contributed by atoms with Crippen LogP contribution in [0.4, 0.5) is 4.79 Å². The third kappa shape index (κ3) is 3.12. The Morgan fingerprint density at radius 2 is 1.83 bits per heavy atom. The predicted octanol–water partition coefficient (Wildman–Crippen LogP) is -0.467. The van der Waals surface area contributed by atoms with Crippen molar-refractivity contribution in [2.24, 2.45) is 5.92 Å². The smallest absolute Gasteiger partial charge is 0.320 e. The first-order valence-corrected chi connectivity index (χ1v) is 5.83. The van der Waals surface area contributed by atoms with Crippen LogP contribution in [0, 0.1) is 5.92 Å². The highest BCUT2D eigenvalue weighted by Crippen LogP contribution is 2.17. The van der Waals surface area contributed by atoms with Crippen LogP contribution in [0.2, 0.25) is 0 Å². The number of hydrogen-bond acceptors (Lipinski definition) is 3. The topological polar surface area (TPSA) is 81.2 Å². The summed E-state index contributed by atoms with van der Waals surface area (Å²) < 4.78 is 0. The molecule has 0 aliphatic carbocycles. The number of carbonyl (C=O) groups excluding carboxylic acids is 2. The Hall–Kier alpha value is -1.79. The maximum atomic E-state index is 12.0. The number of urea groups is 1. The molecule has 18 heavy (non-hydrogen) atoms. The molecule has 7 nitrogen and oxygen atoms in total. The number of amides is 3. The average molecular weight is 257 g/mol. The van der Waals surface area contributed by atoms with E-state index in [4.69, 9.17) is 5.11 Å². The van der Waals surface area contributed by atoms with Crippen LogP contribution in [0.3, 0.4) is 0 Å². The quantitative estimate of drug-likeness (QED) is 0.738. The Bertz CT molecular complexity index is 350. The van der Waals surface area contributed by atoms with Gasteiger partial charge in [0.1, 0.15) is 6.54 Å². The van der Waals surface area contributed by atoms with E-state index in [1.54, 1.807) is 21.0 Å². The highest BCUT2D eigenvalue weighted by molar-refractivity contribution is 5.85. The van der Waals surface area contributed by atoms with Crippen LogP contribution in [0.15, 0.2) is 0 Å². The van der Waals surface area contributed by atoms with Gasteiger partial charge in [0.05, 0.1) is 5.92 Å². The minimum Gasteiger partial charge on any atom is -0.481 e. The molecule has 0 saturated carbocycles. The molecule has 1 N–H and O–H groups in total. The summed E-state index contributed by atoms with van der Waals surface area (Å²) in [5.74, 6) is -1.51. The lowest BCUT2D eigenvalue weighted by molar-refractivity contribution is -0.146. The molecule has 0 bridgehead atoms. The SMILES string of the molecule is CCN(CC(=O)N(C)C)C(=O)N1CC(C(=O)O)C1. The van der Waals surface area contributed by atoms with Crippen molar-refractivity contribution in [3.8, 4) is 0 Å². The Labute approximate surface area is 106 Å². The fourth-order valence-electron chi connectivity index (χ4n) is 1.61. The monoisotopic (exact) mass is 257 g/mol. The standard InChI is InChI=1S/C11H19N3O4/c1-4-13(7-9(15)12(2)3)11(18)14-5-8(6-14)10(16)17/h8H,4-7H2,1-3H3,(H,16,17). The molecule has 1 fully saturated rings. The molecule has 0 aromatic carbocycles. The van der Waals surface area contributed by atoms with E-state index in [9.17, 15) is 14.4 Å². The molecular weight excluding hydrogens is 238 g/mol. The number of carboxylic acids is 1. The fraction of sp³-hybridized carbons (Fsp3) is 0.727. The van der Waals surface area contributed by atoms with Crippen LogP contribution in [-0.2, 0) is 9.59 Å². The molecule has 1 rings (SSSR count). The van der Waals surface area contributed by atoms with Crippen LogP contribution in [0.25, 0.3) is 0 Å².